The maximum Gasteiger partial charge on any atom is 0.230 e. The molecule has 1 heterocycles. The molecule has 5 heteroatoms. The molecule has 5 nitrogen and oxygen atoms in total. The number of para-hydroxylation sites is 1. The van der Waals surface area contributed by atoms with E-state index in [-0.39, 0.29) is 0 Å². The molecule has 0 fully saturated rings. The van der Waals surface area contributed by atoms with Crippen LogP contribution in [0.5, 0.6) is 5.75 Å². The first kappa shape index (κ1) is 12.6. The zero-order valence-corrected chi connectivity index (χ0v) is 10.4. The van der Waals surface area contributed by atoms with Crippen LogP contribution in [0.1, 0.15) is 18.2 Å². The molecular formula is C13H17N3O2. The third-order valence-corrected chi connectivity index (χ3v) is 2.35. The molecule has 0 saturated heterocycles. The maximum atomic E-state index is 5.57. The van der Waals surface area contributed by atoms with Crippen LogP contribution in [0.4, 0.5) is 0 Å². The summed E-state index contributed by atoms with van der Waals surface area (Å²) in [6.07, 6.45) is 0.933. The van der Waals surface area contributed by atoms with Crippen LogP contribution in [-0.2, 0) is 6.54 Å². The summed E-state index contributed by atoms with van der Waals surface area (Å²) in [6.45, 7) is 3.94. The molecular weight excluding hydrogens is 230 g/mol. The van der Waals surface area contributed by atoms with Crippen molar-refractivity contribution in [2.75, 3.05) is 13.2 Å². The monoisotopic (exact) mass is 247 g/mol. The Bertz CT molecular complexity index is 456. The molecule has 0 aliphatic rings. The molecule has 0 atom stereocenters. The summed E-state index contributed by atoms with van der Waals surface area (Å²) in [5.74, 6) is 2.13. The second-order valence-corrected chi connectivity index (χ2v) is 3.91. The molecule has 0 unspecified atom stereocenters. The highest BCUT2D eigenvalue weighted by Crippen LogP contribution is 2.08. The van der Waals surface area contributed by atoms with Gasteiger partial charge in [0.2, 0.25) is 11.8 Å². The number of rotatable bonds is 7. The van der Waals surface area contributed by atoms with Crippen LogP contribution >= 0.6 is 0 Å². The van der Waals surface area contributed by atoms with Gasteiger partial charge in [0.25, 0.3) is 0 Å². The van der Waals surface area contributed by atoms with Gasteiger partial charge in [-0.15, -0.1) is 10.2 Å². The van der Waals surface area contributed by atoms with Gasteiger partial charge in [-0.2, -0.15) is 0 Å². The second kappa shape index (κ2) is 6.76. The zero-order valence-electron chi connectivity index (χ0n) is 10.4. The molecule has 2 aromatic rings. The SMILES string of the molecule is Cc1nnc(CNCCCOc2ccccc2)o1. The van der Waals surface area contributed by atoms with Gasteiger partial charge in [0.1, 0.15) is 5.75 Å². The lowest BCUT2D eigenvalue weighted by Gasteiger charge is -2.05. The number of hydrogen-bond donors (Lipinski definition) is 1. The molecule has 1 N–H and O–H groups in total. The smallest absolute Gasteiger partial charge is 0.230 e. The summed E-state index contributed by atoms with van der Waals surface area (Å²) in [7, 11) is 0. The Morgan fingerprint density at radius 1 is 1.22 bits per heavy atom. The van der Waals surface area contributed by atoms with E-state index in [0.29, 0.717) is 24.9 Å². The van der Waals surface area contributed by atoms with Gasteiger partial charge in [-0.05, 0) is 25.1 Å². The fourth-order valence-electron chi connectivity index (χ4n) is 1.51. The normalized spacial score (nSPS) is 10.5. The minimum atomic E-state index is 0.596. The van der Waals surface area contributed by atoms with Gasteiger partial charge in [0, 0.05) is 6.92 Å². The number of benzene rings is 1. The molecule has 1 aromatic heterocycles. The Kier molecular flexibility index (Phi) is 4.72. The molecule has 0 bridgehead atoms. The van der Waals surface area contributed by atoms with E-state index in [1.807, 2.05) is 30.3 Å². The fourth-order valence-corrected chi connectivity index (χ4v) is 1.51. The van der Waals surface area contributed by atoms with Crippen LogP contribution in [0.15, 0.2) is 34.7 Å². The first-order chi connectivity index (χ1) is 8.84. The molecule has 0 aliphatic carbocycles. The van der Waals surface area contributed by atoms with Crippen molar-refractivity contribution in [2.45, 2.75) is 19.9 Å². The molecule has 0 radical (unpaired) electrons. The third-order valence-electron chi connectivity index (χ3n) is 2.35. The summed E-state index contributed by atoms with van der Waals surface area (Å²) >= 11 is 0. The Hall–Kier alpha value is -1.88. The van der Waals surface area contributed by atoms with E-state index in [1.54, 1.807) is 6.92 Å². The highest BCUT2D eigenvalue weighted by molar-refractivity contribution is 5.20. The highest BCUT2D eigenvalue weighted by atomic mass is 16.5. The number of ether oxygens (including phenoxy) is 1. The summed E-state index contributed by atoms with van der Waals surface area (Å²) in [5.41, 5.74) is 0. The van der Waals surface area contributed by atoms with Gasteiger partial charge in [-0.3, -0.25) is 0 Å². The molecule has 0 amide bonds. The summed E-state index contributed by atoms with van der Waals surface area (Å²) < 4.78 is 10.8. The first-order valence-electron chi connectivity index (χ1n) is 6.02. The lowest BCUT2D eigenvalue weighted by atomic mass is 10.3. The van der Waals surface area contributed by atoms with E-state index in [0.717, 1.165) is 18.7 Å². The average molecular weight is 247 g/mol. The molecule has 2 rings (SSSR count). The largest absolute Gasteiger partial charge is 0.494 e. The summed E-state index contributed by atoms with van der Waals surface area (Å²) in [6, 6.07) is 9.81. The highest BCUT2D eigenvalue weighted by Gasteiger charge is 2.00. The van der Waals surface area contributed by atoms with Crippen LogP contribution < -0.4 is 10.1 Å². The maximum absolute atomic E-state index is 5.57. The second-order valence-electron chi connectivity index (χ2n) is 3.91. The van der Waals surface area contributed by atoms with E-state index < -0.39 is 0 Å². The van der Waals surface area contributed by atoms with Crippen molar-refractivity contribution in [1.29, 1.82) is 0 Å². The van der Waals surface area contributed by atoms with Crippen LogP contribution in [0, 0.1) is 6.92 Å². The first-order valence-corrected chi connectivity index (χ1v) is 6.02. The Morgan fingerprint density at radius 2 is 2.06 bits per heavy atom. The van der Waals surface area contributed by atoms with Crippen molar-refractivity contribution in [3.8, 4) is 5.75 Å². The quantitative estimate of drug-likeness (QED) is 0.758. The van der Waals surface area contributed by atoms with Gasteiger partial charge in [0.05, 0.1) is 13.2 Å². The van der Waals surface area contributed by atoms with E-state index in [9.17, 15) is 0 Å². The average Bonchev–Trinajstić information content (AvgIpc) is 2.81. The summed E-state index contributed by atoms with van der Waals surface area (Å²) in [5, 5.41) is 10.9. The van der Waals surface area contributed by atoms with E-state index >= 15 is 0 Å². The lowest BCUT2D eigenvalue weighted by molar-refractivity contribution is 0.306. The number of nitrogens with zero attached hydrogens (tertiary/aromatic N) is 2. The Labute approximate surface area is 106 Å². The third kappa shape index (κ3) is 4.18. The minimum Gasteiger partial charge on any atom is -0.494 e. The van der Waals surface area contributed by atoms with Crippen LogP contribution in [-0.4, -0.2) is 23.3 Å². The Balaban J connectivity index is 1.54. The molecule has 0 spiro atoms. The number of aromatic nitrogens is 2. The number of hydrogen-bond acceptors (Lipinski definition) is 5. The van der Waals surface area contributed by atoms with E-state index in [1.165, 1.54) is 0 Å². The van der Waals surface area contributed by atoms with Crippen molar-refractivity contribution in [3.63, 3.8) is 0 Å². The lowest BCUT2D eigenvalue weighted by Crippen LogP contribution is -2.17. The van der Waals surface area contributed by atoms with Gasteiger partial charge in [-0.1, -0.05) is 18.2 Å². The topological polar surface area (TPSA) is 60.2 Å². The van der Waals surface area contributed by atoms with Crippen LogP contribution in [0.2, 0.25) is 0 Å². The molecule has 0 aliphatic heterocycles. The van der Waals surface area contributed by atoms with Crippen LogP contribution in [0.25, 0.3) is 0 Å². The van der Waals surface area contributed by atoms with Crippen LogP contribution in [0.3, 0.4) is 0 Å². The van der Waals surface area contributed by atoms with Gasteiger partial charge >= 0.3 is 0 Å². The zero-order chi connectivity index (χ0) is 12.6. The molecule has 96 valence electrons. The van der Waals surface area contributed by atoms with E-state index in [2.05, 4.69) is 15.5 Å². The minimum absolute atomic E-state index is 0.596. The fraction of sp³-hybridized carbons (Fsp3) is 0.385. The Morgan fingerprint density at radius 3 is 2.78 bits per heavy atom. The van der Waals surface area contributed by atoms with Gasteiger partial charge in [-0.25, -0.2) is 0 Å². The van der Waals surface area contributed by atoms with Crippen molar-refractivity contribution in [2.24, 2.45) is 0 Å². The van der Waals surface area contributed by atoms with Gasteiger partial charge < -0.3 is 14.5 Å². The van der Waals surface area contributed by atoms with Crippen molar-refractivity contribution < 1.29 is 9.15 Å². The number of nitrogens with one attached hydrogen (secondary N) is 1. The van der Waals surface area contributed by atoms with E-state index in [4.69, 9.17) is 9.15 Å². The molecule has 0 saturated carbocycles. The standard InChI is InChI=1S/C13H17N3O2/c1-11-15-16-13(18-11)10-14-8-5-9-17-12-6-3-2-4-7-12/h2-4,6-7,14H,5,8-10H2,1H3. The molecule has 18 heavy (non-hydrogen) atoms. The molecule has 1 aromatic carbocycles. The van der Waals surface area contributed by atoms with Crippen molar-refractivity contribution >= 4 is 0 Å². The van der Waals surface area contributed by atoms with Crippen molar-refractivity contribution in [1.82, 2.24) is 15.5 Å². The van der Waals surface area contributed by atoms with Gasteiger partial charge in [0.15, 0.2) is 0 Å². The van der Waals surface area contributed by atoms with Crippen molar-refractivity contribution in [3.05, 3.63) is 42.1 Å². The predicted octanol–water partition coefficient (Wildman–Crippen LogP) is 1.94. The predicted molar refractivity (Wildman–Crippen MR) is 67.3 cm³/mol. The number of aryl methyl sites for hydroxylation is 1. The summed E-state index contributed by atoms with van der Waals surface area (Å²) in [4.78, 5) is 0.